The van der Waals surface area contributed by atoms with Gasteiger partial charge in [-0.15, -0.1) is 5.10 Å². The third-order valence-corrected chi connectivity index (χ3v) is 2.65. The number of rotatable bonds is 3. The molecule has 1 aromatic heterocycles. The molecule has 12 heteroatoms. The Morgan fingerprint density at radius 2 is 2.05 bits per heavy atom. The number of urea groups is 1. The molecule has 114 valence electrons. The molecule has 1 saturated heterocycles. The van der Waals surface area contributed by atoms with Crippen LogP contribution in [0.25, 0.3) is 0 Å². The van der Waals surface area contributed by atoms with Crippen molar-refractivity contribution >= 4 is 17.9 Å². The number of amides is 3. The zero-order valence-electron chi connectivity index (χ0n) is 10.2. The van der Waals surface area contributed by atoms with E-state index in [9.17, 15) is 27.6 Å². The Morgan fingerprint density at radius 3 is 2.52 bits per heavy atom. The number of halogens is 3. The maximum atomic E-state index is 12.8. The van der Waals surface area contributed by atoms with Gasteiger partial charge >= 0.3 is 18.2 Å². The molecule has 0 spiro atoms. The van der Waals surface area contributed by atoms with Gasteiger partial charge in [0.25, 0.3) is 5.91 Å². The van der Waals surface area contributed by atoms with Crippen LogP contribution in [0.5, 0.6) is 0 Å². The standard InChI is InChI=1S/C9H8F3N5O4/c10-9(11,12)6-5(7(19)20)14-15-17(6)3-4(18)16-2-1-13-8(16)21/h1-3H2,(H,13,21)(H,19,20). The normalized spacial score (nSPS) is 15.2. The molecular formula is C9H8F3N5O4. The number of carbonyl (C=O) groups excluding carboxylic acids is 2. The number of hydrogen-bond acceptors (Lipinski definition) is 5. The Hall–Kier alpha value is -2.66. The van der Waals surface area contributed by atoms with E-state index in [4.69, 9.17) is 5.11 Å². The van der Waals surface area contributed by atoms with Crippen molar-refractivity contribution in [3.63, 3.8) is 0 Å². The van der Waals surface area contributed by atoms with Crippen molar-refractivity contribution in [3.05, 3.63) is 11.4 Å². The number of nitrogens with one attached hydrogen (secondary N) is 1. The molecule has 1 aromatic rings. The largest absolute Gasteiger partial charge is 0.476 e. The number of carboxylic acid groups (broad SMARTS) is 1. The van der Waals surface area contributed by atoms with Gasteiger partial charge in [0.2, 0.25) is 5.69 Å². The van der Waals surface area contributed by atoms with Crippen molar-refractivity contribution in [1.29, 1.82) is 0 Å². The molecule has 0 radical (unpaired) electrons. The van der Waals surface area contributed by atoms with Gasteiger partial charge in [-0.2, -0.15) is 13.2 Å². The lowest BCUT2D eigenvalue weighted by Gasteiger charge is -2.14. The van der Waals surface area contributed by atoms with Crippen LogP contribution in [0.2, 0.25) is 0 Å². The molecule has 1 fully saturated rings. The fraction of sp³-hybridized carbons (Fsp3) is 0.444. The van der Waals surface area contributed by atoms with Crippen LogP contribution in [-0.4, -0.2) is 56.0 Å². The highest BCUT2D eigenvalue weighted by atomic mass is 19.4. The van der Waals surface area contributed by atoms with Crippen LogP contribution < -0.4 is 5.32 Å². The number of aromatic nitrogens is 3. The van der Waals surface area contributed by atoms with Crippen molar-refractivity contribution in [2.24, 2.45) is 0 Å². The van der Waals surface area contributed by atoms with Gasteiger partial charge in [-0.1, -0.05) is 5.21 Å². The lowest BCUT2D eigenvalue weighted by Crippen LogP contribution is -2.37. The Bertz CT molecular complexity index is 611. The molecule has 0 bridgehead atoms. The number of hydrogen-bond donors (Lipinski definition) is 2. The van der Waals surface area contributed by atoms with Gasteiger partial charge < -0.3 is 10.4 Å². The van der Waals surface area contributed by atoms with E-state index in [2.05, 4.69) is 15.6 Å². The minimum Gasteiger partial charge on any atom is -0.476 e. The maximum Gasteiger partial charge on any atom is 0.435 e. The summed E-state index contributed by atoms with van der Waals surface area (Å²) >= 11 is 0. The van der Waals surface area contributed by atoms with E-state index < -0.39 is 42.0 Å². The van der Waals surface area contributed by atoms with Crippen molar-refractivity contribution in [2.45, 2.75) is 12.7 Å². The van der Waals surface area contributed by atoms with Gasteiger partial charge in [0.15, 0.2) is 5.69 Å². The third-order valence-electron chi connectivity index (χ3n) is 2.65. The molecule has 2 rings (SSSR count). The van der Waals surface area contributed by atoms with Gasteiger partial charge in [-0.05, 0) is 0 Å². The minimum atomic E-state index is -5.05. The highest BCUT2D eigenvalue weighted by Crippen LogP contribution is 2.31. The van der Waals surface area contributed by atoms with E-state index in [0.717, 1.165) is 0 Å². The Balaban J connectivity index is 2.30. The zero-order valence-corrected chi connectivity index (χ0v) is 10.2. The predicted molar refractivity (Wildman–Crippen MR) is 57.1 cm³/mol. The fourth-order valence-corrected chi connectivity index (χ4v) is 1.77. The molecule has 0 saturated carbocycles. The van der Waals surface area contributed by atoms with E-state index in [-0.39, 0.29) is 17.8 Å². The second-order valence-corrected chi connectivity index (χ2v) is 4.02. The summed E-state index contributed by atoms with van der Waals surface area (Å²) in [5.74, 6) is -2.86. The monoisotopic (exact) mass is 307 g/mol. The molecule has 0 aliphatic carbocycles. The van der Waals surface area contributed by atoms with Gasteiger partial charge in [0.05, 0.1) is 0 Å². The quantitative estimate of drug-likeness (QED) is 0.781. The van der Waals surface area contributed by atoms with E-state index in [0.29, 0.717) is 4.90 Å². The van der Waals surface area contributed by atoms with Crippen LogP contribution in [0.15, 0.2) is 0 Å². The molecule has 2 heterocycles. The third kappa shape index (κ3) is 2.78. The van der Waals surface area contributed by atoms with Gasteiger partial charge in [0, 0.05) is 13.1 Å². The molecule has 1 aliphatic rings. The lowest BCUT2D eigenvalue weighted by atomic mass is 10.3. The van der Waals surface area contributed by atoms with E-state index >= 15 is 0 Å². The molecule has 21 heavy (non-hydrogen) atoms. The van der Waals surface area contributed by atoms with Gasteiger partial charge in [-0.25, -0.2) is 14.3 Å². The van der Waals surface area contributed by atoms with Crippen LogP contribution in [0.3, 0.4) is 0 Å². The minimum absolute atomic E-state index is 0.0134. The first-order valence-corrected chi connectivity index (χ1v) is 5.54. The first-order valence-electron chi connectivity index (χ1n) is 5.54. The SMILES string of the molecule is O=C(O)c1nnn(CC(=O)N2CCNC2=O)c1C(F)(F)F. The van der Waals surface area contributed by atoms with Gasteiger partial charge in [0.1, 0.15) is 6.54 Å². The molecular weight excluding hydrogens is 299 g/mol. The second-order valence-electron chi connectivity index (χ2n) is 4.02. The molecule has 3 amide bonds. The summed E-state index contributed by atoms with van der Waals surface area (Å²) in [7, 11) is 0. The summed E-state index contributed by atoms with van der Waals surface area (Å²) in [6.45, 7) is -0.740. The van der Waals surface area contributed by atoms with Crippen LogP contribution in [-0.2, 0) is 17.5 Å². The first-order chi connectivity index (χ1) is 9.71. The number of nitrogens with zero attached hydrogens (tertiary/aromatic N) is 4. The van der Waals surface area contributed by atoms with Crippen LogP contribution >= 0.6 is 0 Å². The topological polar surface area (TPSA) is 117 Å². The van der Waals surface area contributed by atoms with E-state index in [1.165, 1.54) is 0 Å². The van der Waals surface area contributed by atoms with Crippen molar-refractivity contribution in [2.75, 3.05) is 13.1 Å². The Kier molecular flexibility index (Phi) is 3.53. The summed E-state index contributed by atoms with van der Waals surface area (Å²) in [6, 6.07) is -0.730. The first kappa shape index (κ1) is 14.7. The number of carboxylic acids is 1. The predicted octanol–water partition coefficient (Wildman–Crippen LogP) is -0.453. The maximum absolute atomic E-state index is 12.8. The molecule has 9 nitrogen and oxygen atoms in total. The summed E-state index contributed by atoms with van der Waals surface area (Å²) in [5, 5.41) is 16.9. The summed E-state index contributed by atoms with van der Waals surface area (Å²) in [5.41, 5.74) is -2.95. The number of imide groups is 1. The molecule has 0 atom stereocenters. The van der Waals surface area contributed by atoms with E-state index in [1.807, 2.05) is 0 Å². The number of aromatic carboxylic acids is 1. The molecule has 0 unspecified atom stereocenters. The second kappa shape index (κ2) is 5.03. The lowest BCUT2D eigenvalue weighted by molar-refractivity contribution is -0.145. The highest BCUT2D eigenvalue weighted by molar-refractivity contribution is 5.95. The average molecular weight is 307 g/mol. The highest BCUT2D eigenvalue weighted by Gasteiger charge is 2.42. The van der Waals surface area contributed by atoms with Crippen LogP contribution in [0.1, 0.15) is 16.2 Å². The van der Waals surface area contributed by atoms with Gasteiger partial charge in [-0.3, -0.25) is 9.69 Å². The smallest absolute Gasteiger partial charge is 0.435 e. The Labute approximate surface area is 114 Å². The van der Waals surface area contributed by atoms with Crippen LogP contribution in [0, 0.1) is 0 Å². The van der Waals surface area contributed by atoms with Crippen molar-refractivity contribution < 1.29 is 32.7 Å². The van der Waals surface area contributed by atoms with Crippen LogP contribution in [0.4, 0.5) is 18.0 Å². The Morgan fingerprint density at radius 1 is 1.38 bits per heavy atom. The average Bonchev–Trinajstić information content (AvgIpc) is 2.94. The molecule has 1 aliphatic heterocycles. The zero-order chi connectivity index (χ0) is 15.8. The summed E-state index contributed by atoms with van der Waals surface area (Å²) in [4.78, 5) is 34.4. The number of carbonyl (C=O) groups is 3. The van der Waals surface area contributed by atoms with E-state index in [1.54, 1.807) is 0 Å². The molecule has 2 N–H and O–H groups in total. The van der Waals surface area contributed by atoms with Crippen molar-refractivity contribution in [1.82, 2.24) is 25.2 Å². The number of alkyl halides is 3. The van der Waals surface area contributed by atoms with Crippen molar-refractivity contribution in [3.8, 4) is 0 Å². The summed E-state index contributed by atoms with van der Waals surface area (Å²) in [6.07, 6.45) is -5.05. The summed E-state index contributed by atoms with van der Waals surface area (Å²) < 4.78 is 38.6. The molecule has 0 aromatic carbocycles. The fourth-order valence-electron chi connectivity index (χ4n) is 1.77.